The van der Waals surface area contributed by atoms with Crippen LogP contribution in [0.25, 0.3) is 11.5 Å². The van der Waals surface area contributed by atoms with Gasteiger partial charge in [0.05, 0.1) is 17.2 Å². The Morgan fingerprint density at radius 1 is 1.43 bits per heavy atom. The van der Waals surface area contributed by atoms with Gasteiger partial charge in [-0.25, -0.2) is 9.78 Å². The molecule has 0 amide bonds. The molecule has 2 rings (SSSR count). The summed E-state index contributed by atoms with van der Waals surface area (Å²) in [5, 5.41) is 10.7. The van der Waals surface area contributed by atoms with Crippen LogP contribution in [-0.2, 0) is 4.74 Å². The van der Waals surface area contributed by atoms with E-state index in [0.29, 0.717) is 16.8 Å². The summed E-state index contributed by atoms with van der Waals surface area (Å²) < 4.78 is 10.3. The standard InChI is InChI=1S/C14H14N2O5/c1-4-20-14(17)12-9(3)15-13(21-12)11-6-5-10(16(18)19)7-8(11)2/h5-7H,4H2,1-3H3. The fourth-order valence-corrected chi connectivity index (χ4v) is 1.90. The number of oxazole rings is 1. The molecule has 0 aliphatic heterocycles. The number of nitro groups is 1. The molecule has 1 heterocycles. The van der Waals surface area contributed by atoms with E-state index >= 15 is 0 Å². The molecule has 0 N–H and O–H groups in total. The lowest BCUT2D eigenvalue weighted by atomic mass is 10.1. The van der Waals surface area contributed by atoms with Crippen LogP contribution in [0.2, 0.25) is 0 Å². The number of hydrogen-bond acceptors (Lipinski definition) is 6. The Bertz CT molecular complexity index is 705. The van der Waals surface area contributed by atoms with Crippen molar-refractivity contribution < 1.29 is 18.9 Å². The Kier molecular flexibility index (Phi) is 4.02. The minimum Gasteiger partial charge on any atom is -0.460 e. The first kappa shape index (κ1) is 14.7. The van der Waals surface area contributed by atoms with Crippen LogP contribution < -0.4 is 0 Å². The zero-order valence-corrected chi connectivity index (χ0v) is 11.9. The third-order valence-electron chi connectivity index (χ3n) is 2.91. The summed E-state index contributed by atoms with van der Waals surface area (Å²) in [6.45, 7) is 5.29. The van der Waals surface area contributed by atoms with Gasteiger partial charge in [-0.1, -0.05) is 0 Å². The Balaban J connectivity index is 2.41. The zero-order valence-electron chi connectivity index (χ0n) is 11.9. The summed E-state index contributed by atoms with van der Waals surface area (Å²) in [5.74, 6) is -0.291. The summed E-state index contributed by atoms with van der Waals surface area (Å²) in [6, 6.07) is 4.35. The fourth-order valence-electron chi connectivity index (χ4n) is 1.90. The number of carbonyl (C=O) groups is 1. The van der Waals surface area contributed by atoms with Crippen molar-refractivity contribution in [3.05, 3.63) is 45.3 Å². The smallest absolute Gasteiger partial charge is 0.376 e. The van der Waals surface area contributed by atoms with Gasteiger partial charge in [-0.2, -0.15) is 0 Å². The normalized spacial score (nSPS) is 10.4. The van der Waals surface area contributed by atoms with E-state index in [1.165, 1.54) is 12.1 Å². The summed E-state index contributed by atoms with van der Waals surface area (Å²) in [5.41, 5.74) is 1.64. The molecule has 1 aromatic carbocycles. The highest BCUT2D eigenvalue weighted by Crippen LogP contribution is 2.28. The lowest BCUT2D eigenvalue weighted by Crippen LogP contribution is -2.04. The number of nitro benzene ring substituents is 1. The SMILES string of the molecule is CCOC(=O)c1oc(-c2ccc([N+](=O)[O-])cc2C)nc1C. The van der Waals surface area contributed by atoms with Gasteiger partial charge in [0, 0.05) is 17.7 Å². The Morgan fingerprint density at radius 2 is 2.14 bits per heavy atom. The summed E-state index contributed by atoms with van der Waals surface area (Å²) in [7, 11) is 0. The average molecular weight is 290 g/mol. The topological polar surface area (TPSA) is 95.5 Å². The molecule has 0 unspecified atom stereocenters. The van der Waals surface area contributed by atoms with Gasteiger partial charge >= 0.3 is 5.97 Å². The highest BCUT2D eigenvalue weighted by molar-refractivity contribution is 5.88. The molecule has 0 radical (unpaired) electrons. The molecular formula is C14H14N2O5. The molecule has 0 aliphatic carbocycles. The Hall–Kier alpha value is -2.70. The maximum absolute atomic E-state index is 11.7. The van der Waals surface area contributed by atoms with E-state index in [9.17, 15) is 14.9 Å². The first-order valence-corrected chi connectivity index (χ1v) is 6.34. The van der Waals surface area contributed by atoms with Gasteiger partial charge in [-0.05, 0) is 32.4 Å². The monoisotopic (exact) mass is 290 g/mol. The number of ether oxygens (including phenoxy) is 1. The summed E-state index contributed by atoms with van der Waals surface area (Å²) in [6.07, 6.45) is 0. The number of hydrogen-bond donors (Lipinski definition) is 0. The number of rotatable bonds is 4. The first-order valence-electron chi connectivity index (χ1n) is 6.34. The van der Waals surface area contributed by atoms with Gasteiger partial charge in [0.15, 0.2) is 0 Å². The lowest BCUT2D eigenvalue weighted by Gasteiger charge is -2.01. The lowest BCUT2D eigenvalue weighted by molar-refractivity contribution is -0.384. The van der Waals surface area contributed by atoms with Gasteiger partial charge in [0.1, 0.15) is 0 Å². The predicted molar refractivity (Wildman–Crippen MR) is 74.0 cm³/mol. The Labute approximate surface area is 120 Å². The predicted octanol–water partition coefficient (Wildman–Crippen LogP) is 3.04. The largest absolute Gasteiger partial charge is 0.460 e. The van der Waals surface area contributed by atoms with Gasteiger partial charge in [0.2, 0.25) is 11.7 Å². The van der Waals surface area contributed by atoms with Crippen LogP contribution in [0.1, 0.15) is 28.7 Å². The minimum atomic E-state index is -0.576. The number of non-ortho nitro benzene ring substituents is 1. The van der Waals surface area contributed by atoms with Crippen molar-refractivity contribution in [2.45, 2.75) is 20.8 Å². The maximum Gasteiger partial charge on any atom is 0.376 e. The molecule has 0 spiro atoms. The van der Waals surface area contributed by atoms with Gasteiger partial charge in [0.25, 0.3) is 5.69 Å². The number of benzene rings is 1. The molecule has 2 aromatic rings. The van der Waals surface area contributed by atoms with Crippen LogP contribution in [0.5, 0.6) is 0 Å². The second-order valence-corrected chi connectivity index (χ2v) is 4.41. The average Bonchev–Trinajstić information content (AvgIpc) is 2.80. The van der Waals surface area contributed by atoms with Crippen molar-refractivity contribution in [3.63, 3.8) is 0 Å². The molecule has 21 heavy (non-hydrogen) atoms. The van der Waals surface area contributed by atoms with Crippen LogP contribution in [-0.4, -0.2) is 22.5 Å². The number of esters is 1. The highest BCUT2D eigenvalue weighted by atomic mass is 16.6. The molecule has 0 saturated heterocycles. The number of aryl methyl sites for hydroxylation is 2. The molecule has 7 heteroatoms. The summed E-state index contributed by atoms with van der Waals surface area (Å²) >= 11 is 0. The number of nitrogens with zero attached hydrogens (tertiary/aromatic N) is 2. The molecule has 7 nitrogen and oxygen atoms in total. The second kappa shape index (κ2) is 5.74. The molecule has 0 aliphatic rings. The van der Waals surface area contributed by atoms with Crippen LogP contribution in [0.15, 0.2) is 22.6 Å². The molecule has 1 aromatic heterocycles. The van der Waals surface area contributed by atoms with Gasteiger partial charge in [-0.15, -0.1) is 0 Å². The molecule has 110 valence electrons. The van der Waals surface area contributed by atoms with Crippen molar-refractivity contribution in [3.8, 4) is 11.5 Å². The number of aromatic nitrogens is 1. The maximum atomic E-state index is 11.7. The molecule has 0 bridgehead atoms. The Morgan fingerprint density at radius 3 is 2.71 bits per heavy atom. The van der Waals surface area contributed by atoms with Crippen molar-refractivity contribution in [1.29, 1.82) is 0 Å². The second-order valence-electron chi connectivity index (χ2n) is 4.41. The van der Waals surface area contributed by atoms with Crippen molar-refractivity contribution in [1.82, 2.24) is 4.98 Å². The molecular weight excluding hydrogens is 276 g/mol. The van der Waals surface area contributed by atoms with Crippen LogP contribution >= 0.6 is 0 Å². The van der Waals surface area contributed by atoms with Crippen LogP contribution in [0, 0.1) is 24.0 Å². The number of carbonyl (C=O) groups excluding carboxylic acids is 1. The zero-order chi connectivity index (χ0) is 15.6. The summed E-state index contributed by atoms with van der Waals surface area (Å²) in [4.78, 5) is 26.1. The third kappa shape index (κ3) is 2.91. The van der Waals surface area contributed by atoms with E-state index < -0.39 is 10.9 Å². The van der Waals surface area contributed by atoms with E-state index in [4.69, 9.17) is 9.15 Å². The highest BCUT2D eigenvalue weighted by Gasteiger charge is 2.21. The molecule has 0 atom stereocenters. The van der Waals surface area contributed by atoms with E-state index in [0.717, 1.165) is 0 Å². The van der Waals surface area contributed by atoms with Crippen LogP contribution in [0.3, 0.4) is 0 Å². The van der Waals surface area contributed by atoms with Crippen molar-refractivity contribution >= 4 is 11.7 Å². The van der Waals surface area contributed by atoms with Gasteiger partial charge < -0.3 is 9.15 Å². The fraction of sp³-hybridized carbons (Fsp3) is 0.286. The van der Waals surface area contributed by atoms with E-state index in [1.807, 2.05) is 0 Å². The minimum absolute atomic E-state index is 0.00913. The first-order chi connectivity index (χ1) is 9.93. The van der Waals surface area contributed by atoms with E-state index in [2.05, 4.69) is 4.98 Å². The van der Waals surface area contributed by atoms with Gasteiger partial charge in [-0.3, -0.25) is 10.1 Å². The third-order valence-corrected chi connectivity index (χ3v) is 2.91. The van der Waals surface area contributed by atoms with E-state index in [-0.39, 0.29) is 23.9 Å². The molecule has 0 saturated carbocycles. The van der Waals surface area contributed by atoms with E-state index in [1.54, 1.807) is 26.8 Å². The van der Waals surface area contributed by atoms with Crippen molar-refractivity contribution in [2.75, 3.05) is 6.61 Å². The quantitative estimate of drug-likeness (QED) is 0.488. The molecule has 0 fully saturated rings. The van der Waals surface area contributed by atoms with Crippen molar-refractivity contribution in [2.24, 2.45) is 0 Å². The van der Waals surface area contributed by atoms with Crippen LogP contribution in [0.4, 0.5) is 5.69 Å².